The van der Waals surface area contributed by atoms with Gasteiger partial charge in [0.1, 0.15) is 0 Å². The van der Waals surface area contributed by atoms with Gasteiger partial charge in [0.05, 0.1) is 0 Å². The van der Waals surface area contributed by atoms with Crippen LogP contribution in [0.2, 0.25) is 0 Å². The first kappa shape index (κ1) is 11.2. The normalized spacial score (nSPS) is 17.1. The van der Waals surface area contributed by atoms with Gasteiger partial charge in [0.2, 0.25) is 5.91 Å². The molecule has 1 fully saturated rings. The third kappa shape index (κ3) is 2.64. The van der Waals surface area contributed by atoms with Crippen molar-refractivity contribution in [1.29, 1.82) is 0 Å². The smallest absolute Gasteiger partial charge is 0.221 e. The van der Waals surface area contributed by atoms with Gasteiger partial charge in [-0.1, -0.05) is 0 Å². The van der Waals surface area contributed by atoms with Crippen LogP contribution in [0.25, 0.3) is 0 Å². The highest BCUT2D eigenvalue weighted by Gasteiger charge is 2.29. The zero-order valence-electron chi connectivity index (χ0n) is 9.65. The van der Waals surface area contributed by atoms with Crippen LogP contribution < -0.4 is 11.1 Å². The number of hydrogen-bond donors (Lipinski definition) is 2. The van der Waals surface area contributed by atoms with E-state index in [1.54, 1.807) is 7.05 Å². The van der Waals surface area contributed by atoms with Gasteiger partial charge in [-0.25, -0.2) is 0 Å². The maximum absolute atomic E-state index is 11.1. The third-order valence-corrected chi connectivity index (χ3v) is 3.16. The molecular weight excluding hydrogens is 202 g/mol. The van der Waals surface area contributed by atoms with Crippen LogP contribution >= 0.6 is 0 Å². The van der Waals surface area contributed by atoms with Crippen LogP contribution in [-0.4, -0.2) is 17.5 Å². The van der Waals surface area contributed by atoms with Gasteiger partial charge < -0.3 is 15.6 Å². The Morgan fingerprint density at radius 3 is 3.06 bits per heavy atom. The molecule has 1 aliphatic rings. The highest BCUT2D eigenvalue weighted by Crippen LogP contribution is 2.39. The molecular formula is C12H19N3O. The molecule has 0 aliphatic heterocycles. The molecule has 4 heteroatoms. The highest BCUT2D eigenvalue weighted by molar-refractivity contribution is 5.75. The molecule has 3 N–H and O–H groups in total. The second kappa shape index (κ2) is 4.70. The van der Waals surface area contributed by atoms with Gasteiger partial charge in [0.25, 0.3) is 0 Å². The topological polar surface area (TPSA) is 60.0 Å². The van der Waals surface area contributed by atoms with E-state index in [1.165, 1.54) is 18.4 Å². The predicted molar refractivity (Wildman–Crippen MR) is 62.8 cm³/mol. The molecule has 1 saturated carbocycles. The lowest BCUT2D eigenvalue weighted by Crippen LogP contribution is -2.19. The maximum Gasteiger partial charge on any atom is 0.221 e. The van der Waals surface area contributed by atoms with E-state index in [9.17, 15) is 4.79 Å². The highest BCUT2D eigenvalue weighted by atomic mass is 16.1. The van der Waals surface area contributed by atoms with E-state index in [4.69, 9.17) is 5.73 Å². The molecule has 1 heterocycles. The summed E-state index contributed by atoms with van der Waals surface area (Å²) >= 11 is 0. The first-order chi connectivity index (χ1) is 7.70. The predicted octanol–water partition coefficient (Wildman–Crippen LogP) is 1.03. The van der Waals surface area contributed by atoms with E-state index in [-0.39, 0.29) is 11.9 Å². The van der Waals surface area contributed by atoms with Crippen molar-refractivity contribution < 1.29 is 4.79 Å². The number of rotatable bonds is 5. The van der Waals surface area contributed by atoms with Crippen LogP contribution in [0.5, 0.6) is 0 Å². The van der Waals surface area contributed by atoms with E-state index in [1.807, 2.05) is 10.8 Å². The minimum absolute atomic E-state index is 0.0711. The van der Waals surface area contributed by atoms with Crippen molar-refractivity contribution in [1.82, 2.24) is 9.88 Å². The number of nitrogens with two attached hydrogens (primary N) is 1. The Hall–Kier alpha value is -1.29. The number of hydrogen-bond acceptors (Lipinski definition) is 2. The fourth-order valence-electron chi connectivity index (χ4n) is 1.88. The van der Waals surface area contributed by atoms with E-state index in [0.29, 0.717) is 12.3 Å². The summed E-state index contributed by atoms with van der Waals surface area (Å²) in [4.78, 5) is 11.1. The summed E-state index contributed by atoms with van der Waals surface area (Å²) < 4.78 is 2.03. The van der Waals surface area contributed by atoms with E-state index < -0.39 is 0 Å². The number of aryl methyl sites for hydroxylation is 1. The third-order valence-electron chi connectivity index (χ3n) is 3.16. The van der Waals surface area contributed by atoms with Crippen LogP contribution in [0.15, 0.2) is 18.5 Å². The molecule has 0 spiro atoms. The second-order valence-corrected chi connectivity index (χ2v) is 4.47. The molecule has 16 heavy (non-hydrogen) atoms. The average molecular weight is 221 g/mol. The van der Waals surface area contributed by atoms with Crippen molar-refractivity contribution in [3.05, 3.63) is 24.0 Å². The monoisotopic (exact) mass is 221 g/mol. The lowest BCUT2D eigenvalue weighted by Gasteiger charge is -2.07. The Labute approximate surface area is 95.8 Å². The van der Waals surface area contributed by atoms with Gasteiger partial charge in [-0.2, -0.15) is 0 Å². The van der Waals surface area contributed by atoms with Gasteiger partial charge >= 0.3 is 0 Å². The lowest BCUT2D eigenvalue weighted by molar-refractivity contribution is -0.120. The molecule has 1 atom stereocenters. The van der Waals surface area contributed by atoms with Crippen molar-refractivity contribution >= 4 is 5.91 Å². The minimum atomic E-state index is 0.0711. The fourth-order valence-corrected chi connectivity index (χ4v) is 1.88. The summed E-state index contributed by atoms with van der Waals surface area (Å²) in [6.45, 7) is 0.719. The summed E-state index contributed by atoms with van der Waals surface area (Å²) in [6, 6.07) is 2.24. The number of carbonyl (C=O) groups is 1. The molecule has 0 saturated heterocycles. The van der Waals surface area contributed by atoms with E-state index >= 15 is 0 Å². The molecule has 1 aliphatic carbocycles. The largest absolute Gasteiger partial charge is 0.359 e. The summed E-state index contributed by atoms with van der Waals surface area (Å²) in [7, 11) is 1.66. The molecule has 0 radical (unpaired) electrons. The van der Waals surface area contributed by atoms with Crippen molar-refractivity contribution in [3.63, 3.8) is 0 Å². The summed E-state index contributed by atoms with van der Waals surface area (Å²) in [5.41, 5.74) is 7.30. The molecule has 0 aromatic carbocycles. The zero-order valence-corrected chi connectivity index (χ0v) is 9.65. The summed E-state index contributed by atoms with van der Waals surface area (Å²) in [5, 5.41) is 2.62. The van der Waals surface area contributed by atoms with Crippen LogP contribution in [-0.2, 0) is 11.3 Å². The average Bonchev–Trinajstić information content (AvgIpc) is 3.04. The molecule has 0 bridgehead atoms. The summed E-state index contributed by atoms with van der Waals surface area (Å²) in [6.07, 6.45) is 7.09. The summed E-state index contributed by atoms with van der Waals surface area (Å²) in [5.74, 6) is 0.747. The molecule has 1 aromatic rings. The number of aromatic nitrogens is 1. The number of nitrogens with zero attached hydrogens (tertiary/aromatic N) is 1. The van der Waals surface area contributed by atoms with E-state index in [0.717, 1.165) is 6.54 Å². The number of amides is 1. The maximum atomic E-state index is 11.1. The standard InChI is InChI=1S/C12H19N3O/c1-14-11(16)5-7-15-6-4-10(8-15)12(13)9-2-3-9/h4,6,8-9,12H,2-3,5,7,13H2,1H3,(H,14,16). The molecule has 2 rings (SSSR count). The number of carbonyl (C=O) groups excluding carboxylic acids is 1. The molecule has 88 valence electrons. The van der Waals surface area contributed by atoms with Crippen LogP contribution in [0.3, 0.4) is 0 Å². The Morgan fingerprint density at radius 1 is 1.69 bits per heavy atom. The van der Waals surface area contributed by atoms with Crippen molar-refractivity contribution in [3.8, 4) is 0 Å². The first-order valence-electron chi connectivity index (χ1n) is 5.82. The van der Waals surface area contributed by atoms with Crippen molar-refractivity contribution in [2.45, 2.75) is 31.8 Å². The van der Waals surface area contributed by atoms with Gasteiger partial charge in [-0.05, 0) is 30.4 Å². The van der Waals surface area contributed by atoms with Crippen molar-refractivity contribution in [2.75, 3.05) is 7.05 Å². The molecule has 1 amide bonds. The van der Waals surface area contributed by atoms with Gasteiger partial charge in [0, 0.05) is 38.4 Å². The lowest BCUT2D eigenvalue weighted by atomic mass is 10.1. The Morgan fingerprint density at radius 2 is 2.44 bits per heavy atom. The molecule has 1 aromatic heterocycles. The zero-order chi connectivity index (χ0) is 11.5. The molecule has 4 nitrogen and oxygen atoms in total. The van der Waals surface area contributed by atoms with Gasteiger partial charge in [-0.3, -0.25) is 4.79 Å². The fraction of sp³-hybridized carbons (Fsp3) is 0.583. The van der Waals surface area contributed by atoms with Gasteiger partial charge in [0.15, 0.2) is 0 Å². The van der Waals surface area contributed by atoms with Crippen LogP contribution in [0.1, 0.15) is 30.9 Å². The van der Waals surface area contributed by atoms with Crippen LogP contribution in [0, 0.1) is 5.92 Å². The Kier molecular flexibility index (Phi) is 3.29. The first-order valence-corrected chi connectivity index (χ1v) is 5.82. The Balaban J connectivity index is 1.88. The SMILES string of the molecule is CNC(=O)CCn1ccc(C(N)C2CC2)c1. The number of nitrogens with one attached hydrogen (secondary N) is 1. The Bertz CT molecular complexity index is 368. The van der Waals surface area contributed by atoms with E-state index in [2.05, 4.69) is 17.6 Å². The van der Waals surface area contributed by atoms with Crippen LogP contribution in [0.4, 0.5) is 0 Å². The molecule has 1 unspecified atom stereocenters. The second-order valence-electron chi connectivity index (χ2n) is 4.47. The quantitative estimate of drug-likeness (QED) is 0.780. The van der Waals surface area contributed by atoms with Crippen molar-refractivity contribution in [2.24, 2.45) is 11.7 Å². The minimum Gasteiger partial charge on any atom is -0.359 e. The van der Waals surface area contributed by atoms with Gasteiger partial charge in [-0.15, -0.1) is 0 Å².